The number of rotatable bonds is 7. The first-order valence-corrected chi connectivity index (χ1v) is 6.45. The van der Waals surface area contributed by atoms with Crippen molar-refractivity contribution < 1.29 is 14.4 Å². The van der Waals surface area contributed by atoms with Crippen LogP contribution in [0, 0.1) is 10.1 Å². The smallest absolute Gasteiger partial charge is 0.292 e. The molecule has 0 bridgehead atoms. The maximum Gasteiger partial charge on any atom is 0.292 e. The molecule has 0 radical (unpaired) electrons. The molecule has 110 valence electrons. The molecule has 2 aromatic rings. The predicted molar refractivity (Wildman–Crippen MR) is 80.1 cm³/mol. The Kier molecular flexibility index (Phi) is 4.98. The van der Waals surface area contributed by atoms with Gasteiger partial charge in [0.05, 0.1) is 12.0 Å². The number of nitro benzene ring substituents is 1. The fraction of sp³-hybridized carbons (Fsp3) is 0.200. The van der Waals surface area contributed by atoms with Gasteiger partial charge in [-0.2, -0.15) is 0 Å². The zero-order valence-electron chi connectivity index (χ0n) is 11.6. The zero-order chi connectivity index (χ0) is 15.1. The van der Waals surface area contributed by atoms with Gasteiger partial charge in [-0.25, -0.2) is 0 Å². The molecule has 0 atom stereocenters. The second kappa shape index (κ2) is 7.14. The van der Waals surface area contributed by atoms with Gasteiger partial charge >= 0.3 is 0 Å². The Balaban J connectivity index is 1.89. The average molecular weight is 288 g/mol. The van der Waals surface area contributed by atoms with E-state index in [0.29, 0.717) is 30.3 Å². The van der Waals surface area contributed by atoms with Crippen LogP contribution in [0.15, 0.2) is 48.5 Å². The van der Waals surface area contributed by atoms with Gasteiger partial charge in [0.2, 0.25) is 0 Å². The molecule has 2 rings (SSSR count). The van der Waals surface area contributed by atoms with Gasteiger partial charge in [0.1, 0.15) is 12.3 Å². The third-order valence-electron chi connectivity index (χ3n) is 2.84. The number of benzene rings is 2. The van der Waals surface area contributed by atoms with Crippen LogP contribution >= 0.6 is 0 Å². The molecular weight excluding hydrogens is 272 g/mol. The fourth-order valence-electron chi connectivity index (χ4n) is 1.87. The van der Waals surface area contributed by atoms with Gasteiger partial charge < -0.3 is 14.8 Å². The van der Waals surface area contributed by atoms with Crippen LogP contribution in [0.5, 0.6) is 11.5 Å². The summed E-state index contributed by atoms with van der Waals surface area (Å²) in [6.45, 7) is 0.815. The first-order chi connectivity index (χ1) is 10.2. The summed E-state index contributed by atoms with van der Waals surface area (Å²) in [7, 11) is 1.58. The Hall–Kier alpha value is -2.76. The molecular formula is C15H16N2O4. The molecule has 0 saturated heterocycles. The lowest BCUT2D eigenvalue weighted by Gasteiger charge is -2.11. The van der Waals surface area contributed by atoms with E-state index in [4.69, 9.17) is 9.47 Å². The maximum atomic E-state index is 10.9. The number of ether oxygens (including phenoxy) is 2. The van der Waals surface area contributed by atoms with Crippen molar-refractivity contribution in [3.63, 3.8) is 0 Å². The Morgan fingerprint density at radius 3 is 2.48 bits per heavy atom. The van der Waals surface area contributed by atoms with Crippen LogP contribution in [0.25, 0.3) is 0 Å². The van der Waals surface area contributed by atoms with Gasteiger partial charge in [0, 0.05) is 12.6 Å². The number of hydrogen-bond acceptors (Lipinski definition) is 5. The molecule has 0 aromatic heterocycles. The first-order valence-electron chi connectivity index (χ1n) is 6.45. The van der Waals surface area contributed by atoms with Crippen LogP contribution in [0.2, 0.25) is 0 Å². The van der Waals surface area contributed by atoms with E-state index < -0.39 is 4.92 Å². The van der Waals surface area contributed by atoms with Crippen LogP contribution in [0.3, 0.4) is 0 Å². The van der Waals surface area contributed by atoms with E-state index in [1.54, 1.807) is 25.3 Å². The topological polar surface area (TPSA) is 73.6 Å². The van der Waals surface area contributed by atoms with Crippen LogP contribution in [-0.4, -0.2) is 25.2 Å². The Bertz CT molecular complexity index is 616. The Morgan fingerprint density at radius 1 is 1.10 bits per heavy atom. The standard InChI is InChI=1S/C15H16N2O4/c1-20-14-8-4-5-9-15(14)21-11-10-16-12-6-2-3-7-13(12)17(18)19/h2-9,16H,10-11H2,1H3. The average Bonchev–Trinajstić information content (AvgIpc) is 2.52. The van der Waals surface area contributed by atoms with Crippen molar-refractivity contribution in [1.29, 1.82) is 0 Å². The number of anilines is 1. The number of nitrogens with zero attached hydrogens (tertiary/aromatic N) is 1. The molecule has 0 amide bonds. The molecule has 0 heterocycles. The number of hydrogen-bond donors (Lipinski definition) is 1. The van der Waals surface area contributed by atoms with Crippen molar-refractivity contribution >= 4 is 11.4 Å². The lowest BCUT2D eigenvalue weighted by Crippen LogP contribution is -2.12. The third-order valence-corrected chi connectivity index (χ3v) is 2.84. The van der Waals surface area contributed by atoms with Crippen molar-refractivity contribution in [3.8, 4) is 11.5 Å². The maximum absolute atomic E-state index is 10.9. The van der Waals surface area contributed by atoms with Crippen molar-refractivity contribution in [2.24, 2.45) is 0 Å². The molecule has 2 aromatic carbocycles. The highest BCUT2D eigenvalue weighted by Crippen LogP contribution is 2.26. The van der Waals surface area contributed by atoms with E-state index in [1.807, 2.05) is 24.3 Å². The highest BCUT2D eigenvalue weighted by molar-refractivity contribution is 5.61. The van der Waals surface area contributed by atoms with Gasteiger partial charge in [-0.1, -0.05) is 24.3 Å². The number of methoxy groups -OCH3 is 1. The third kappa shape index (κ3) is 3.85. The summed E-state index contributed by atoms with van der Waals surface area (Å²) in [5.41, 5.74) is 0.529. The molecule has 6 nitrogen and oxygen atoms in total. The molecule has 1 N–H and O–H groups in total. The molecule has 0 spiro atoms. The Morgan fingerprint density at radius 2 is 1.76 bits per heavy atom. The summed E-state index contributed by atoms with van der Waals surface area (Å²) < 4.78 is 10.8. The summed E-state index contributed by atoms with van der Waals surface area (Å²) in [5.74, 6) is 1.30. The minimum Gasteiger partial charge on any atom is -0.493 e. The monoisotopic (exact) mass is 288 g/mol. The normalized spacial score (nSPS) is 9.95. The van der Waals surface area contributed by atoms with Gasteiger partial charge in [0.25, 0.3) is 5.69 Å². The van der Waals surface area contributed by atoms with E-state index in [1.165, 1.54) is 6.07 Å². The van der Waals surface area contributed by atoms with Gasteiger partial charge in [0.15, 0.2) is 11.5 Å². The summed E-state index contributed by atoms with van der Waals surface area (Å²) >= 11 is 0. The SMILES string of the molecule is COc1ccccc1OCCNc1ccccc1[N+](=O)[O-]. The second-order valence-electron chi connectivity index (χ2n) is 4.20. The first kappa shape index (κ1) is 14.6. The van der Waals surface area contributed by atoms with E-state index in [2.05, 4.69) is 5.32 Å². The number of nitrogens with one attached hydrogen (secondary N) is 1. The summed E-state index contributed by atoms with van der Waals surface area (Å²) in [6.07, 6.45) is 0. The van der Waals surface area contributed by atoms with Gasteiger partial charge in [-0.05, 0) is 18.2 Å². The molecule has 0 saturated carbocycles. The Labute approximate surface area is 122 Å². The van der Waals surface area contributed by atoms with E-state index in [-0.39, 0.29) is 5.69 Å². The predicted octanol–water partition coefficient (Wildman–Crippen LogP) is 3.09. The highest BCUT2D eigenvalue weighted by atomic mass is 16.6. The molecule has 0 aliphatic carbocycles. The van der Waals surface area contributed by atoms with E-state index >= 15 is 0 Å². The van der Waals surface area contributed by atoms with Gasteiger partial charge in [-0.3, -0.25) is 10.1 Å². The largest absolute Gasteiger partial charge is 0.493 e. The fourth-order valence-corrected chi connectivity index (χ4v) is 1.87. The second-order valence-corrected chi connectivity index (χ2v) is 4.20. The lowest BCUT2D eigenvalue weighted by atomic mass is 10.2. The minimum absolute atomic E-state index is 0.0507. The van der Waals surface area contributed by atoms with E-state index in [9.17, 15) is 10.1 Å². The zero-order valence-corrected chi connectivity index (χ0v) is 11.6. The van der Waals surface area contributed by atoms with Crippen molar-refractivity contribution in [2.45, 2.75) is 0 Å². The van der Waals surface area contributed by atoms with Gasteiger partial charge in [-0.15, -0.1) is 0 Å². The van der Waals surface area contributed by atoms with Crippen molar-refractivity contribution in [2.75, 3.05) is 25.6 Å². The quantitative estimate of drug-likeness (QED) is 0.481. The molecule has 0 aliphatic rings. The van der Waals surface area contributed by atoms with Crippen LogP contribution in [0.1, 0.15) is 0 Å². The lowest BCUT2D eigenvalue weighted by molar-refractivity contribution is -0.384. The molecule has 0 aliphatic heterocycles. The van der Waals surface area contributed by atoms with Crippen molar-refractivity contribution in [1.82, 2.24) is 0 Å². The van der Waals surface area contributed by atoms with Crippen LogP contribution < -0.4 is 14.8 Å². The molecule has 6 heteroatoms. The highest BCUT2D eigenvalue weighted by Gasteiger charge is 2.11. The molecule has 0 fully saturated rings. The van der Waals surface area contributed by atoms with Crippen LogP contribution in [-0.2, 0) is 0 Å². The van der Waals surface area contributed by atoms with E-state index in [0.717, 1.165) is 0 Å². The summed E-state index contributed by atoms with van der Waals surface area (Å²) in [6, 6.07) is 13.8. The molecule has 21 heavy (non-hydrogen) atoms. The van der Waals surface area contributed by atoms with Crippen molar-refractivity contribution in [3.05, 3.63) is 58.6 Å². The summed E-state index contributed by atoms with van der Waals surface area (Å²) in [4.78, 5) is 10.5. The summed E-state index contributed by atoms with van der Waals surface area (Å²) in [5, 5.41) is 13.9. The number of nitro groups is 1. The van der Waals surface area contributed by atoms with Crippen LogP contribution in [0.4, 0.5) is 11.4 Å². The number of para-hydroxylation sites is 4. The minimum atomic E-state index is -0.413. The molecule has 0 unspecified atom stereocenters.